The van der Waals surface area contributed by atoms with Crippen LogP contribution in [0.5, 0.6) is 5.75 Å². The molecule has 47 heavy (non-hydrogen) atoms. The summed E-state index contributed by atoms with van der Waals surface area (Å²) in [5.74, 6) is -10.3. The smallest absolute Gasteiger partial charge is 0.303 e. The van der Waals surface area contributed by atoms with Gasteiger partial charge in [0, 0.05) is 6.42 Å². The van der Waals surface area contributed by atoms with Gasteiger partial charge in [0.05, 0.1) is 40.7 Å². The van der Waals surface area contributed by atoms with Crippen molar-refractivity contribution >= 4 is 23.4 Å². The number of hydrogen-bond acceptors (Lipinski definition) is 11. The van der Waals surface area contributed by atoms with Crippen molar-refractivity contribution in [3.05, 3.63) is 52.0 Å². The number of carbonyl (C=O) groups excluding carboxylic acids is 3. The lowest BCUT2D eigenvalue weighted by atomic mass is 9.54. The zero-order chi connectivity index (χ0) is 35.4. The summed E-state index contributed by atoms with van der Waals surface area (Å²) in [5, 5.41) is 74.9. The standard InChI is InChI=1S/C22H24N2O9.C12H24O2/c1-21(32)7-5-4-6-8(25)9(7)15(26)10-12(21)17(28)13-14(24(2)3)16(27)11(20(23)31)19(30)22(13,33)18(10)29;1-2-3-4-5-6-7-8-9-10-11-12(13)14/h4-6,12-14,17,25,27-29,32-33H,1-3H3,(H2,23,31);2-11H2,1H3,(H,13,14)/t12-,13-,14+,17+,21-,22+;/m1./s1. The molecule has 1 amide bonds. The van der Waals surface area contributed by atoms with Gasteiger partial charge in [-0.25, -0.2) is 0 Å². The first-order valence-electron chi connectivity index (χ1n) is 16.1. The van der Waals surface area contributed by atoms with Crippen LogP contribution in [0.3, 0.4) is 0 Å². The highest BCUT2D eigenvalue weighted by molar-refractivity contribution is 6.25. The molecule has 1 aromatic carbocycles. The number of aromatic hydroxyl groups is 1. The molecule has 0 aliphatic heterocycles. The molecule has 0 aromatic heterocycles. The number of primary amides is 1. The van der Waals surface area contributed by atoms with Gasteiger partial charge in [-0.05, 0) is 39.1 Å². The quantitative estimate of drug-likeness (QED) is 0.119. The first-order valence-corrected chi connectivity index (χ1v) is 16.1. The summed E-state index contributed by atoms with van der Waals surface area (Å²) in [7, 11) is 2.85. The van der Waals surface area contributed by atoms with E-state index in [1.807, 2.05) is 0 Å². The molecule has 260 valence electrons. The molecule has 6 atom stereocenters. The molecule has 13 heteroatoms. The van der Waals surface area contributed by atoms with Gasteiger partial charge in [0.25, 0.3) is 5.91 Å². The fourth-order valence-electron chi connectivity index (χ4n) is 7.19. The van der Waals surface area contributed by atoms with Gasteiger partial charge in [-0.15, -0.1) is 0 Å². The van der Waals surface area contributed by atoms with E-state index in [1.165, 1.54) is 89.1 Å². The van der Waals surface area contributed by atoms with Gasteiger partial charge in [-0.1, -0.05) is 70.4 Å². The number of carbonyl (C=O) groups is 4. The zero-order valence-corrected chi connectivity index (χ0v) is 27.4. The number of phenols is 1. The maximum absolute atomic E-state index is 13.3. The second kappa shape index (κ2) is 15.0. The molecule has 13 nitrogen and oxygen atoms in total. The largest absolute Gasteiger partial charge is 0.510 e. The van der Waals surface area contributed by atoms with Crippen LogP contribution in [0.1, 0.15) is 94.0 Å². The summed E-state index contributed by atoms with van der Waals surface area (Å²) in [4.78, 5) is 50.0. The summed E-state index contributed by atoms with van der Waals surface area (Å²) in [5.41, 5.74) is -1.88. The van der Waals surface area contributed by atoms with Crippen LogP contribution in [0, 0.1) is 11.8 Å². The molecule has 9 N–H and O–H groups in total. The number of nitrogens with zero attached hydrogens (tertiary/aromatic N) is 1. The molecule has 4 rings (SSSR count). The second-order valence-electron chi connectivity index (χ2n) is 13.0. The number of carboxylic acid groups (broad SMARTS) is 1. The first-order chi connectivity index (χ1) is 22.0. The van der Waals surface area contributed by atoms with E-state index in [0.29, 0.717) is 6.42 Å². The van der Waals surface area contributed by atoms with E-state index in [2.05, 4.69) is 6.92 Å². The minimum Gasteiger partial charge on any atom is -0.510 e. The molecule has 0 heterocycles. The molecule has 0 fully saturated rings. The van der Waals surface area contributed by atoms with E-state index in [9.17, 15) is 49.8 Å². The van der Waals surface area contributed by atoms with Crippen molar-refractivity contribution < 1.29 is 54.9 Å². The first kappa shape index (κ1) is 37.7. The number of amides is 1. The van der Waals surface area contributed by atoms with E-state index in [1.54, 1.807) is 0 Å². The highest BCUT2D eigenvalue weighted by Crippen LogP contribution is 2.56. The molecule has 3 aliphatic rings. The maximum Gasteiger partial charge on any atom is 0.303 e. The Bertz CT molecular complexity index is 1450. The van der Waals surface area contributed by atoms with Crippen molar-refractivity contribution in [2.24, 2.45) is 17.6 Å². The third kappa shape index (κ3) is 6.94. The van der Waals surface area contributed by atoms with Crippen molar-refractivity contribution in [1.29, 1.82) is 0 Å². The summed E-state index contributed by atoms with van der Waals surface area (Å²) < 4.78 is 0. The van der Waals surface area contributed by atoms with Crippen LogP contribution in [-0.2, 0) is 20.0 Å². The van der Waals surface area contributed by atoms with Gasteiger partial charge in [0.1, 0.15) is 22.8 Å². The van der Waals surface area contributed by atoms with E-state index in [-0.39, 0.29) is 11.1 Å². The minimum atomic E-state index is -3.02. The Labute approximate surface area is 274 Å². The Balaban J connectivity index is 0.000000363. The number of aliphatic carboxylic acids is 1. The van der Waals surface area contributed by atoms with Crippen LogP contribution in [0.2, 0.25) is 0 Å². The number of benzene rings is 1. The number of phenolic OH excluding ortho intramolecular Hbond substituents is 1. The number of hydrogen-bond donors (Lipinski definition) is 8. The monoisotopic (exact) mass is 660 g/mol. The van der Waals surface area contributed by atoms with Gasteiger partial charge in [-0.3, -0.25) is 24.1 Å². The molecule has 0 bridgehead atoms. The minimum absolute atomic E-state index is 0.0281. The predicted molar refractivity (Wildman–Crippen MR) is 170 cm³/mol. The summed E-state index contributed by atoms with van der Waals surface area (Å²) in [6, 6.07) is 2.54. The topological polar surface area (TPSA) is 239 Å². The Hall–Kier alpha value is -3.78. The Kier molecular flexibility index (Phi) is 12.0. The van der Waals surface area contributed by atoms with E-state index in [0.717, 1.165) is 12.8 Å². The highest BCUT2D eigenvalue weighted by Gasteiger charge is 2.69. The molecule has 0 unspecified atom stereocenters. The Morgan fingerprint density at radius 2 is 1.49 bits per heavy atom. The van der Waals surface area contributed by atoms with E-state index in [4.69, 9.17) is 10.8 Å². The fraction of sp³-hybridized carbons (Fsp3) is 0.588. The van der Waals surface area contributed by atoms with Crippen molar-refractivity contribution in [2.45, 2.75) is 101 Å². The summed E-state index contributed by atoms with van der Waals surface area (Å²) in [6.07, 6.45) is 9.61. The lowest BCUT2D eigenvalue weighted by Crippen LogP contribution is -2.70. The third-order valence-corrected chi connectivity index (χ3v) is 9.53. The molecule has 0 radical (unpaired) electrons. The van der Waals surface area contributed by atoms with Gasteiger partial charge in [-0.2, -0.15) is 0 Å². The van der Waals surface area contributed by atoms with Crippen LogP contribution < -0.4 is 5.73 Å². The fourth-order valence-corrected chi connectivity index (χ4v) is 7.19. The van der Waals surface area contributed by atoms with E-state index >= 15 is 0 Å². The molecule has 0 spiro atoms. The number of carboxylic acids is 1. The van der Waals surface area contributed by atoms with Crippen molar-refractivity contribution in [3.8, 4) is 5.75 Å². The van der Waals surface area contributed by atoms with Crippen LogP contribution in [0.15, 0.2) is 40.9 Å². The lowest BCUT2D eigenvalue weighted by Gasteiger charge is -2.55. The van der Waals surface area contributed by atoms with Gasteiger partial charge in [0.15, 0.2) is 11.4 Å². The van der Waals surface area contributed by atoms with Crippen LogP contribution in [0.25, 0.3) is 0 Å². The average molecular weight is 661 g/mol. The average Bonchev–Trinajstić information content (AvgIpc) is 2.98. The van der Waals surface area contributed by atoms with Gasteiger partial charge in [0.2, 0.25) is 5.78 Å². The Morgan fingerprint density at radius 1 is 0.936 bits per heavy atom. The number of likely N-dealkylation sites (N-methyl/N-ethyl adjacent to an activating group) is 1. The molecule has 0 saturated heterocycles. The highest BCUT2D eigenvalue weighted by atomic mass is 16.4. The van der Waals surface area contributed by atoms with Crippen LogP contribution in [-0.4, -0.2) is 95.9 Å². The third-order valence-electron chi connectivity index (χ3n) is 9.53. The number of nitrogens with two attached hydrogens (primary N) is 1. The molecule has 0 saturated carbocycles. The van der Waals surface area contributed by atoms with Crippen molar-refractivity contribution in [3.63, 3.8) is 0 Å². The van der Waals surface area contributed by atoms with Gasteiger partial charge < -0.3 is 41.5 Å². The number of rotatable bonds is 12. The molecule has 3 aliphatic carbocycles. The number of Topliss-reactive ketones (excluding diaryl/α,β-unsaturated/α-hetero) is 2. The number of unbranched alkanes of at least 4 members (excludes halogenated alkanes) is 8. The van der Waals surface area contributed by atoms with Crippen molar-refractivity contribution in [2.75, 3.05) is 14.1 Å². The Morgan fingerprint density at radius 3 is 2.00 bits per heavy atom. The molecular weight excluding hydrogens is 612 g/mol. The predicted octanol–water partition coefficient (Wildman–Crippen LogP) is 2.75. The molecular formula is C34H48N2O11. The van der Waals surface area contributed by atoms with Gasteiger partial charge >= 0.3 is 5.97 Å². The number of ketones is 2. The van der Waals surface area contributed by atoms with Crippen LogP contribution in [0.4, 0.5) is 0 Å². The number of aliphatic hydroxyl groups excluding tert-OH is 3. The normalized spacial score (nSPS) is 28.3. The van der Waals surface area contributed by atoms with Crippen LogP contribution >= 0.6 is 0 Å². The van der Waals surface area contributed by atoms with Crippen molar-refractivity contribution in [1.82, 2.24) is 4.90 Å². The molecule has 1 aromatic rings. The summed E-state index contributed by atoms with van der Waals surface area (Å²) >= 11 is 0. The lowest BCUT2D eigenvalue weighted by molar-refractivity contribution is -0.173. The SMILES string of the molecule is CCCCCCCCCCCC(=O)O.CN(C)[C@@H]1C(O)=C(C(N)=O)C(=O)[C@@]2(O)C(O)=C3C(=O)c4c(O)cccc4[C@@](C)(O)[C@H]3[C@H](O)[C@@H]12. The summed E-state index contributed by atoms with van der Waals surface area (Å²) in [6.45, 7) is 3.48. The second-order valence-corrected chi connectivity index (χ2v) is 13.0. The van der Waals surface area contributed by atoms with E-state index < -0.39 is 87.0 Å². The maximum atomic E-state index is 13.3. The zero-order valence-electron chi connectivity index (χ0n) is 27.4. The number of aliphatic hydroxyl groups is 5. The number of fused-ring (bicyclic) bond motifs is 3.